The Morgan fingerprint density at radius 1 is 1.36 bits per heavy atom. The molecular formula is C9H10BrFO2S. The van der Waals surface area contributed by atoms with Crippen molar-refractivity contribution < 1.29 is 12.8 Å². The van der Waals surface area contributed by atoms with Crippen molar-refractivity contribution in [1.82, 2.24) is 0 Å². The second kappa shape index (κ2) is 4.40. The lowest BCUT2D eigenvalue weighted by atomic mass is 10.4. The van der Waals surface area contributed by atoms with Gasteiger partial charge in [-0.15, -0.1) is 0 Å². The third-order valence-electron chi connectivity index (χ3n) is 1.62. The minimum atomic E-state index is -3.47. The fraction of sp³-hybridized carbons (Fsp3) is 0.333. The Morgan fingerprint density at radius 2 is 1.86 bits per heavy atom. The summed E-state index contributed by atoms with van der Waals surface area (Å²) in [7, 11) is -3.47. The third kappa shape index (κ3) is 3.06. The molecule has 1 unspecified atom stereocenters. The van der Waals surface area contributed by atoms with Crippen LogP contribution in [0.25, 0.3) is 0 Å². The van der Waals surface area contributed by atoms with Gasteiger partial charge >= 0.3 is 0 Å². The first-order valence-corrected chi connectivity index (χ1v) is 6.49. The predicted molar refractivity (Wildman–Crippen MR) is 56.8 cm³/mol. The van der Waals surface area contributed by atoms with Crippen molar-refractivity contribution in [1.29, 1.82) is 0 Å². The molecule has 0 saturated carbocycles. The van der Waals surface area contributed by atoms with Crippen molar-refractivity contribution in [3.8, 4) is 0 Å². The van der Waals surface area contributed by atoms with E-state index in [1.54, 1.807) is 12.1 Å². The molecule has 2 nitrogen and oxygen atoms in total. The molecule has 0 radical (unpaired) electrons. The molecule has 0 heterocycles. The molecule has 1 rings (SSSR count). The Bertz CT molecular complexity index is 397. The molecule has 5 heteroatoms. The van der Waals surface area contributed by atoms with Crippen LogP contribution >= 0.6 is 15.9 Å². The standard InChI is InChI=1S/C9H10BrFO2S/c1-7(11)6-14(12,13)9-4-2-8(10)3-5-9/h2-5,7H,6H2,1H3. The Morgan fingerprint density at radius 3 is 2.29 bits per heavy atom. The second-order valence-electron chi connectivity index (χ2n) is 3.02. The van der Waals surface area contributed by atoms with Crippen LogP contribution in [0.3, 0.4) is 0 Å². The van der Waals surface area contributed by atoms with Gasteiger partial charge in [0.2, 0.25) is 0 Å². The first-order chi connectivity index (χ1) is 6.42. The van der Waals surface area contributed by atoms with Crippen LogP contribution in [0.2, 0.25) is 0 Å². The second-order valence-corrected chi connectivity index (χ2v) is 5.97. The molecule has 0 aromatic heterocycles. The van der Waals surface area contributed by atoms with Gasteiger partial charge in [-0.1, -0.05) is 15.9 Å². The largest absolute Gasteiger partial charge is 0.247 e. The van der Waals surface area contributed by atoms with E-state index in [-0.39, 0.29) is 4.90 Å². The summed E-state index contributed by atoms with van der Waals surface area (Å²) in [5, 5.41) is 0. The molecule has 0 spiro atoms. The Kier molecular flexibility index (Phi) is 3.66. The Labute approximate surface area is 91.2 Å². The van der Waals surface area contributed by atoms with Crippen LogP contribution in [0.5, 0.6) is 0 Å². The summed E-state index contributed by atoms with van der Waals surface area (Å²) < 4.78 is 36.4. The van der Waals surface area contributed by atoms with Gasteiger partial charge in [-0.05, 0) is 31.2 Å². The van der Waals surface area contributed by atoms with Gasteiger partial charge < -0.3 is 0 Å². The smallest absolute Gasteiger partial charge is 0.181 e. The van der Waals surface area contributed by atoms with Crippen LogP contribution in [-0.2, 0) is 9.84 Å². The molecule has 1 atom stereocenters. The van der Waals surface area contributed by atoms with Crippen molar-refractivity contribution >= 4 is 25.8 Å². The molecule has 0 bridgehead atoms. The number of halogens is 2. The van der Waals surface area contributed by atoms with Crippen molar-refractivity contribution in [3.63, 3.8) is 0 Å². The molecule has 0 aliphatic carbocycles. The van der Waals surface area contributed by atoms with Gasteiger partial charge in [-0.3, -0.25) is 0 Å². The summed E-state index contributed by atoms with van der Waals surface area (Å²) >= 11 is 3.19. The highest BCUT2D eigenvalue weighted by Crippen LogP contribution is 2.16. The molecular weight excluding hydrogens is 271 g/mol. The van der Waals surface area contributed by atoms with Gasteiger partial charge in [0.25, 0.3) is 0 Å². The summed E-state index contributed by atoms with van der Waals surface area (Å²) in [4.78, 5) is 0.158. The quantitative estimate of drug-likeness (QED) is 0.853. The van der Waals surface area contributed by atoms with Gasteiger partial charge in [0.05, 0.1) is 10.6 Å². The van der Waals surface area contributed by atoms with Gasteiger partial charge in [0, 0.05) is 4.47 Å². The third-order valence-corrected chi connectivity index (χ3v) is 4.04. The van der Waals surface area contributed by atoms with Crippen LogP contribution in [0, 0.1) is 0 Å². The topological polar surface area (TPSA) is 34.1 Å². The highest BCUT2D eigenvalue weighted by Gasteiger charge is 2.17. The number of sulfone groups is 1. The Hall–Kier alpha value is -0.420. The lowest BCUT2D eigenvalue weighted by Gasteiger charge is -2.04. The molecule has 0 amide bonds. The summed E-state index contributed by atoms with van der Waals surface area (Å²) in [5.74, 6) is -0.464. The fourth-order valence-corrected chi connectivity index (χ4v) is 2.65. The van der Waals surface area contributed by atoms with E-state index in [4.69, 9.17) is 0 Å². The Balaban J connectivity index is 2.99. The molecule has 0 N–H and O–H groups in total. The summed E-state index contributed by atoms with van der Waals surface area (Å²) in [5.41, 5.74) is 0. The van der Waals surface area contributed by atoms with Crippen LogP contribution in [0.15, 0.2) is 33.6 Å². The zero-order valence-electron chi connectivity index (χ0n) is 7.57. The van der Waals surface area contributed by atoms with Crippen LogP contribution in [0.4, 0.5) is 4.39 Å². The maximum Gasteiger partial charge on any atom is 0.181 e. The zero-order chi connectivity index (χ0) is 10.8. The predicted octanol–water partition coefficient (Wildman–Crippen LogP) is 2.58. The fourth-order valence-electron chi connectivity index (χ4n) is 1.04. The highest BCUT2D eigenvalue weighted by molar-refractivity contribution is 9.10. The molecule has 78 valence electrons. The zero-order valence-corrected chi connectivity index (χ0v) is 9.98. The van der Waals surface area contributed by atoms with Crippen molar-refractivity contribution in [2.75, 3.05) is 5.75 Å². The number of alkyl halides is 1. The van der Waals surface area contributed by atoms with Gasteiger partial charge in [0.15, 0.2) is 9.84 Å². The van der Waals surface area contributed by atoms with E-state index < -0.39 is 21.8 Å². The van der Waals surface area contributed by atoms with E-state index in [2.05, 4.69) is 15.9 Å². The van der Waals surface area contributed by atoms with Crippen molar-refractivity contribution in [3.05, 3.63) is 28.7 Å². The van der Waals surface area contributed by atoms with E-state index in [9.17, 15) is 12.8 Å². The van der Waals surface area contributed by atoms with E-state index in [1.165, 1.54) is 19.1 Å². The molecule has 14 heavy (non-hydrogen) atoms. The van der Waals surface area contributed by atoms with E-state index in [0.717, 1.165) is 4.47 Å². The maximum absolute atomic E-state index is 12.6. The molecule has 1 aromatic carbocycles. The van der Waals surface area contributed by atoms with Crippen LogP contribution < -0.4 is 0 Å². The summed E-state index contributed by atoms with van der Waals surface area (Å²) in [6.45, 7) is 1.23. The number of benzene rings is 1. The molecule has 0 saturated heterocycles. The highest BCUT2D eigenvalue weighted by atomic mass is 79.9. The minimum Gasteiger partial charge on any atom is -0.247 e. The van der Waals surface area contributed by atoms with E-state index in [0.29, 0.717) is 0 Å². The average Bonchev–Trinajstić information content (AvgIpc) is 2.02. The number of rotatable bonds is 3. The number of hydrogen-bond donors (Lipinski definition) is 0. The van der Waals surface area contributed by atoms with Crippen LogP contribution in [0.1, 0.15) is 6.92 Å². The first-order valence-electron chi connectivity index (χ1n) is 4.04. The van der Waals surface area contributed by atoms with Gasteiger partial charge in [0.1, 0.15) is 6.17 Å². The minimum absolute atomic E-state index is 0.158. The average molecular weight is 281 g/mol. The molecule has 0 aliphatic heterocycles. The van der Waals surface area contributed by atoms with Crippen molar-refractivity contribution in [2.24, 2.45) is 0 Å². The lowest BCUT2D eigenvalue weighted by Crippen LogP contribution is -2.14. The van der Waals surface area contributed by atoms with Crippen LogP contribution in [-0.4, -0.2) is 20.3 Å². The molecule has 0 aliphatic rings. The normalized spacial score (nSPS) is 13.9. The monoisotopic (exact) mass is 280 g/mol. The molecule has 1 aromatic rings. The SMILES string of the molecule is CC(F)CS(=O)(=O)c1ccc(Br)cc1. The summed E-state index contributed by atoms with van der Waals surface area (Å²) in [6.07, 6.45) is -1.34. The van der Waals surface area contributed by atoms with Crippen molar-refractivity contribution in [2.45, 2.75) is 18.0 Å². The first kappa shape index (κ1) is 11.7. The molecule has 0 fully saturated rings. The summed E-state index contributed by atoms with van der Waals surface area (Å²) in [6, 6.07) is 6.16. The van der Waals surface area contributed by atoms with E-state index in [1.807, 2.05) is 0 Å². The number of hydrogen-bond acceptors (Lipinski definition) is 2. The van der Waals surface area contributed by atoms with E-state index >= 15 is 0 Å². The van der Waals surface area contributed by atoms with Gasteiger partial charge in [-0.2, -0.15) is 0 Å². The van der Waals surface area contributed by atoms with Gasteiger partial charge in [-0.25, -0.2) is 12.8 Å². The lowest BCUT2D eigenvalue weighted by molar-refractivity contribution is 0.391. The maximum atomic E-state index is 12.6.